The summed E-state index contributed by atoms with van der Waals surface area (Å²) in [4.78, 5) is 13.0. The van der Waals surface area contributed by atoms with E-state index in [0.717, 1.165) is 5.39 Å². The molecule has 0 radical (unpaired) electrons. The normalized spacial score (nSPS) is 10.9. The van der Waals surface area contributed by atoms with Crippen molar-refractivity contribution in [2.24, 2.45) is 0 Å². The largest absolute Gasteiger partial charge is 0.490 e. The average molecular weight is 482 g/mol. The van der Waals surface area contributed by atoms with Gasteiger partial charge in [-0.1, -0.05) is 17.2 Å². The highest BCUT2D eigenvalue weighted by atomic mass is 16.5. The van der Waals surface area contributed by atoms with Gasteiger partial charge in [-0.25, -0.2) is 0 Å². The van der Waals surface area contributed by atoms with Gasteiger partial charge in [0.2, 0.25) is 5.75 Å². The van der Waals surface area contributed by atoms with Crippen molar-refractivity contribution in [2.45, 2.75) is 27.7 Å². The molecule has 2 heterocycles. The van der Waals surface area contributed by atoms with E-state index < -0.39 is 5.91 Å². The molecule has 35 heavy (non-hydrogen) atoms. The third-order valence-electron chi connectivity index (χ3n) is 4.84. The third kappa shape index (κ3) is 5.16. The summed E-state index contributed by atoms with van der Waals surface area (Å²) in [5, 5.41) is 11.4. The second-order valence-corrected chi connectivity index (χ2v) is 7.19. The van der Waals surface area contributed by atoms with E-state index in [0.29, 0.717) is 60.8 Å². The van der Waals surface area contributed by atoms with Gasteiger partial charge in [-0.05, 0) is 52.0 Å². The Morgan fingerprint density at radius 2 is 1.49 bits per heavy atom. The van der Waals surface area contributed by atoms with Crippen molar-refractivity contribution in [3.8, 4) is 34.6 Å². The number of carbonyl (C=O) groups is 1. The molecule has 0 unspecified atom stereocenters. The second kappa shape index (κ2) is 10.8. The van der Waals surface area contributed by atoms with Crippen molar-refractivity contribution < 1.29 is 32.6 Å². The van der Waals surface area contributed by atoms with Crippen molar-refractivity contribution in [1.82, 2.24) is 10.2 Å². The predicted octanol–water partition coefficient (Wildman–Crippen LogP) is 5.33. The Morgan fingerprint density at radius 1 is 0.829 bits per heavy atom. The number of anilines is 1. The van der Waals surface area contributed by atoms with Crippen LogP contribution in [0.2, 0.25) is 0 Å². The van der Waals surface area contributed by atoms with Crippen molar-refractivity contribution in [2.75, 3.05) is 31.7 Å². The highest BCUT2D eigenvalue weighted by Gasteiger charge is 2.21. The van der Waals surface area contributed by atoms with Crippen molar-refractivity contribution in [1.29, 1.82) is 0 Å². The number of amides is 1. The first-order valence-electron chi connectivity index (χ1n) is 11.4. The Kier molecular flexibility index (Phi) is 7.39. The molecule has 0 bridgehead atoms. The molecule has 0 aliphatic rings. The van der Waals surface area contributed by atoms with Gasteiger partial charge in [0.25, 0.3) is 11.8 Å². The molecule has 1 amide bonds. The van der Waals surface area contributed by atoms with E-state index in [9.17, 15) is 4.79 Å². The first-order chi connectivity index (χ1) is 17.1. The molecule has 0 spiro atoms. The summed E-state index contributed by atoms with van der Waals surface area (Å²) in [5.41, 5.74) is 0.861. The Balaban J connectivity index is 1.58. The number of furan rings is 1. The lowest BCUT2D eigenvalue weighted by atomic mass is 10.1. The first-order valence-corrected chi connectivity index (χ1v) is 11.4. The van der Waals surface area contributed by atoms with E-state index in [4.69, 9.17) is 27.8 Å². The molecule has 10 nitrogen and oxygen atoms in total. The SMILES string of the molecule is CCOc1cc(C(=O)Nc2nnc(-c3cc4cccc(OCC)c4o3)o2)cc(OCC)c1OCC. The number of rotatable bonds is 11. The van der Waals surface area contributed by atoms with Gasteiger partial charge in [0.05, 0.1) is 26.4 Å². The fourth-order valence-electron chi connectivity index (χ4n) is 3.47. The minimum atomic E-state index is -0.478. The molecule has 0 saturated heterocycles. The van der Waals surface area contributed by atoms with Crippen LogP contribution in [0.1, 0.15) is 38.1 Å². The summed E-state index contributed by atoms with van der Waals surface area (Å²) in [6, 6.07) is 10.4. The Labute approximate surface area is 202 Å². The minimum absolute atomic E-state index is 0.0831. The quantitative estimate of drug-likeness (QED) is 0.303. The number of benzene rings is 2. The molecule has 0 aliphatic heterocycles. The van der Waals surface area contributed by atoms with Crippen LogP contribution in [0.25, 0.3) is 22.6 Å². The minimum Gasteiger partial charge on any atom is -0.490 e. The molecule has 0 atom stereocenters. The molecule has 0 saturated carbocycles. The van der Waals surface area contributed by atoms with Crippen LogP contribution in [0.3, 0.4) is 0 Å². The monoisotopic (exact) mass is 481 g/mol. The van der Waals surface area contributed by atoms with Gasteiger partial charge in [0.1, 0.15) is 0 Å². The van der Waals surface area contributed by atoms with E-state index in [1.807, 2.05) is 45.9 Å². The van der Waals surface area contributed by atoms with Crippen molar-refractivity contribution >= 4 is 22.9 Å². The van der Waals surface area contributed by atoms with Gasteiger partial charge in [0.15, 0.2) is 28.6 Å². The van der Waals surface area contributed by atoms with E-state index in [2.05, 4.69) is 15.5 Å². The fraction of sp³-hybridized carbons (Fsp3) is 0.320. The number of carbonyl (C=O) groups excluding carboxylic acids is 1. The molecule has 10 heteroatoms. The number of nitrogens with zero attached hydrogens (tertiary/aromatic N) is 2. The molecule has 2 aromatic carbocycles. The molecular formula is C25H27N3O7. The van der Waals surface area contributed by atoms with Crippen molar-refractivity contribution in [3.05, 3.63) is 42.0 Å². The number of hydrogen-bond donors (Lipinski definition) is 1. The molecule has 2 aromatic heterocycles. The van der Waals surface area contributed by atoms with Gasteiger partial charge in [0, 0.05) is 10.9 Å². The van der Waals surface area contributed by atoms with Crippen LogP contribution in [0, 0.1) is 0 Å². The number of nitrogens with one attached hydrogen (secondary N) is 1. The molecule has 1 N–H and O–H groups in total. The summed E-state index contributed by atoms with van der Waals surface area (Å²) < 4.78 is 34.2. The van der Waals surface area contributed by atoms with Crippen LogP contribution in [0.15, 0.2) is 45.2 Å². The number of ether oxygens (including phenoxy) is 4. The fourth-order valence-corrected chi connectivity index (χ4v) is 3.47. The third-order valence-corrected chi connectivity index (χ3v) is 4.84. The summed E-state index contributed by atoms with van der Waals surface area (Å²) in [7, 11) is 0. The Hall–Kier alpha value is -4.21. The van der Waals surface area contributed by atoms with Crippen LogP contribution in [0.5, 0.6) is 23.0 Å². The molecule has 184 valence electrons. The maximum atomic E-state index is 13.0. The summed E-state index contributed by atoms with van der Waals surface area (Å²) >= 11 is 0. The lowest BCUT2D eigenvalue weighted by molar-refractivity contribution is 0.102. The summed E-state index contributed by atoms with van der Waals surface area (Å²) in [6.45, 7) is 9.17. The second-order valence-electron chi connectivity index (χ2n) is 7.19. The molecule has 0 fully saturated rings. The topological polar surface area (TPSA) is 118 Å². The Bertz CT molecular complexity index is 1280. The summed E-state index contributed by atoms with van der Waals surface area (Å²) in [5.74, 6) is 1.88. The van der Waals surface area contributed by atoms with Crippen molar-refractivity contribution in [3.63, 3.8) is 0 Å². The van der Waals surface area contributed by atoms with Crippen LogP contribution in [-0.4, -0.2) is 42.5 Å². The number of para-hydroxylation sites is 1. The zero-order valence-corrected chi connectivity index (χ0v) is 20.0. The molecule has 4 rings (SSSR count). The van der Waals surface area contributed by atoms with E-state index in [1.54, 1.807) is 18.2 Å². The van der Waals surface area contributed by atoms with Gasteiger partial charge in [-0.15, -0.1) is 5.10 Å². The lowest BCUT2D eigenvalue weighted by Gasteiger charge is -2.16. The number of hydrogen-bond acceptors (Lipinski definition) is 9. The van der Waals surface area contributed by atoms with Crippen LogP contribution < -0.4 is 24.3 Å². The van der Waals surface area contributed by atoms with Gasteiger partial charge in [-0.2, -0.15) is 0 Å². The zero-order valence-electron chi connectivity index (χ0n) is 20.0. The van der Waals surface area contributed by atoms with Gasteiger partial charge in [-0.3, -0.25) is 10.1 Å². The average Bonchev–Trinajstić information content (AvgIpc) is 3.49. The van der Waals surface area contributed by atoms with Gasteiger partial charge >= 0.3 is 6.01 Å². The van der Waals surface area contributed by atoms with Crippen LogP contribution in [-0.2, 0) is 0 Å². The molecule has 0 aliphatic carbocycles. The standard InChI is InChI=1S/C25H27N3O7/c1-5-30-17-11-9-10-15-12-20(34-21(15)17)24-27-28-25(35-24)26-23(29)16-13-18(31-6-2)22(33-8-4)19(14-16)32-7-3/h9-14H,5-8H2,1-4H3,(H,26,28,29). The smallest absolute Gasteiger partial charge is 0.322 e. The van der Waals surface area contributed by atoms with E-state index in [-0.39, 0.29) is 17.5 Å². The highest BCUT2D eigenvalue weighted by Crippen LogP contribution is 2.39. The zero-order chi connectivity index (χ0) is 24.8. The van der Waals surface area contributed by atoms with E-state index in [1.165, 1.54) is 0 Å². The number of aromatic nitrogens is 2. The summed E-state index contributed by atoms with van der Waals surface area (Å²) in [6.07, 6.45) is 0. The lowest BCUT2D eigenvalue weighted by Crippen LogP contribution is -2.13. The predicted molar refractivity (Wildman–Crippen MR) is 129 cm³/mol. The Morgan fingerprint density at radius 3 is 2.14 bits per heavy atom. The maximum absolute atomic E-state index is 13.0. The number of fused-ring (bicyclic) bond motifs is 1. The van der Waals surface area contributed by atoms with Gasteiger partial charge < -0.3 is 27.8 Å². The highest BCUT2D eigenvalue weighted by molar-refractivity contribution is 6.04. The van der Waals surface area contributed by atoms with Crippen LogP contribution in [0.4, 0.5) is 6.01 Å². The maximum Gasteiger partial charge on any atom is 0.322 e. The molecule has 4 aromatic rings. The first kappa shape index (κ1) is 23.9. The molecular weight excluding hydrogens is 454 g/mol. The van der Waals surface area contributed by atoms with E-state index >= 15 is 0 Å². The van der Waals surface area contributed by atoms with Crippen LogP contribution >= 0.6 is 0 Å².